The summed E-state index contributed by atoms with van der Waals surface area (Å²) in [6.07, 6.45) is -2.44. The standard InChI is InChI=1S/C27H27F3N2/c28-27(29,30)22-10-5-20(6-11-22)25-14-9-19-3-1-2-4-24(19)26(25)21-7-12-23(13-8-21)32-17-15-31-16-18-32/h1-8,10-13,25-26,31H,9,14-18H2. The number of piperazine rings is 1. The first-order valence-corrected chi connectivity index (χ1v) is 11.3. The molecule has 1 aliphatic heterocycles. The van der Waals surface area contributed by atoms with Crippen LogP contribution in [-0.2, 0) is 12.6 Å². The molecule has 0 saturated carbocycles. The minimum absolute atomic E-state index is 0.133. The van der Waals surface area contributed by atoms with Gasteiger partial charge in [0.05, 0.1) is 5.56 Å². The number of hydrogen-bond acceptors (Lipinski definition) is 2. The van der Waals surface area contributed by atoms with E-state index in [9.17, 15) is 13.2 Å². The third kappa shape index (κ3) is 4.14. The molecule has 3 aromatic rings. The fourth-order valence-electron chi connectivity index (χ4n) is 5.27. The van der Waals surface area contributed by atoms with Crippen molar-refractivity contribution in [3.05, 3.63) is 101 Å². The summed E-state index contributed by atoms with van der Waals surface area (Å²) in [5.74, 6) is 0.283. The second-order valence-electron chi connectivity index (χ2n) is 8.77. The Bertz CT molecular complexity index is 1050. The number of aryl methyl sites for hydroxylation is 1. The van der Waals surface area contributed by atoms with Gasteiger partial charge in [-0.3, -0.25) is 0 Å². The van der Waals surface area contributed by atoms with Crippen LogP contribution in [0.2, 0.25) is 0 Å². The summed E-state index contributed by atoms with van der Waals surface area (Å²) in [6, 6.07) is 23.1. The molecular weight excluding hydrogens is 409 g/mol. The van der Waals surface area contributed by atoms with Gasteiger partial charge in [-0.15, -0.1) is 0 Å². The number of alkyl halides is 3. The number of nitrogens with zero attached hydrogens (tertiary/aromatic N) is 1. The molecule has 1 fully saturated rings. The van der Waals surface area contributed by atoms with Crippen molar-refractivity contribution in [2.24, 2.45) is 0 Å². The van der Waals surface area contributed by atoms with Crippen molar-refractivity contribution >= 4 is 5.69 Å². The van der Waals surface area contributed by atoms with Crippen LogP contribution in [0.5, 0.6) is 0 Å². The van der Waals surface area contributed by atoms with Gasteiger partial charge in [-0.1, -0.05) is 48.5 Å². The second-order valence-corrected chi connectivity index (χ2v) is 8.77. The molecule has 2 nitrogen and oxygen atoms in total. The van der Waals surface area contributed by atoms with Gasteiger partial charge < -0.3 is 10.2 Å². The Morgan fingerprint density at radius 2 is 1.44 bits per heavy atom. The summed E-state index contributed by atoms with van der Waals surface area (Å²) in [6.45, 7) is 3.99. The van der Waals surface area contributed by atoms with Crippen LogP contribution in [0.4, 0.5) is 18.9 Å². The molecule has 2 unspecified atom stereocenters. The maximum absolute atomic E-state index is 13.1. The summed E-state index contributed by atoms with van der Waals surface area (Å²) in [4.78, 5) is 2.39. The molecule has 1 saturated heterocycles. The maximum atomic E-state index is 13.1. The normalized spacial score (nSPS) is 21.3. The van der Waals surface area contributed by atoms with Gasteiger partial charge in [-0.05, 0) is 65.3 Å². The molecule has 0 amide bonds. The van der Waals surface area contributed by atoms with Crippen LogP contribution in [-0.4, -0.2) is 26.2 Å². The Hall–Kier alpha value is -2.79. The van der Waals surface area contributed by atoms with Gasteiger partial charge in [0.25, 0.3) is 0 Å². The van der Waals surface area contributed by atoms with E-state index in [0.717, 1.165) is 44.6 Å². The predicted molar refractivity (Wildman–Crippen MR) is 122 cm³/mol. The Labute approximate surface area is 187 Å². The van der Waals surface area contributed by atoms with Crippen molar-refractivity contribution < 1.29 is 13.2 Å². The molecule has 32 heavy (non-hydrogen) atoms. The lowest BCUT2D eigenvalue weighted by molar-refractivity contribution is -0.137. The molecule has 5 heteroatoms. The number of nitrogens with one attached hydrogen (secondary N) is 1. The highest BCUT2D eigenvalue weighted by Crippen LogP contribution is 2.46. The van der Waals surface area contributed by atoms with E-state index in [2.05, 4.69) is 58.7 Å². The van der Waals surface area contributed by atoms with Gasteiger partial charge in [0.2, 0.25) is 0 Å². The van der Waals surface area contributed by atoms with E-state index in [1.54, 1.807) is 12.1 Å². The largest absolute Gasteiger partial charge is 0.416 e. The highest BCUT2D eigenvalue weighted by atomic mass is 19.4. The zero-order valence-electron chi connectivity index (χ0n) is 17.9. The van der Waals surface area contributed by atoms with Crippen LogP contribution < -0.4 is 10.2 Å². The first-order valence-electron chi connectivity index (χ1n) is 11.3. The lowest BCUT2D eigenvalue weighted by atomic mass is 9.69. The fourth-order valence-corrected chi connectivity index (χ4v) is 5.27. The van der Waals surface area contributed by atoms with E-state index < -0.39 is 11.7 Å². The second kappa shape index (κ2) is 8.62. The van der Waals surface area contributed by atoms with Crippen LogP contribution in [0.3, 0.4) is 0 Å². The van der Waals surface area contributed by atoms with Crippen molar-refractivity contribution in [1.82, 2.24) is 5.32 Å². The van der Waals surface area contributed by atoms with Crippen LogP contribution in [0.1, 0.15) is 46.1 Å². The SMILES string of the molecule is FC(F)(F)c1ccc(C2CCc3ccccc3C2c2ccc(N3CCNCC3)cc2)cc1. The van der Waals surface area contributed by atoms with Gasteiger partial charge in [0.1, 0.15) is 0 Å². The number of anilines is 1. The number of halogens is 3. The highest BCUT2D eigenvalue weighted by molar-refractivity contribution is 5.52. The zero-order chi connectivity index (χ0) is 22.1. The smallest absolute Gasteiger partial charge is 0.369 e. The molecule has 0 spiro atoms. The highest BCUT2D eigenvalue weighted by Gasteiger charge is 2.34. The summed E-state index contributed by atoms with van der Waals surface area (Å²) in [7, 11) is 0. The Morgan fingerprint density at radius 3 is 2.12 bits per heavy atom. The summed E-state index contributed by atoms with van der Waals surface area (Å²) in [5, 5.41) is 3.38. The van der Waals surface area contributed by atoms with E-state index in [1.807, 2.05) is 0 Å². The quantitative estimate of drug-likeness (QED) is 0.544. The lowest BCUT2D eigenvalue weighted by Crippen LogP contribution is -2.43. The van der Waals surface area contributed by atoms with E-state index in [1.165, 1.54) is 34.5 Å². The molecule has 0 radical (unpaired) electrons. The van der Waals surface area contributed by atoms with Crippen LogP contribution in [0, 0.1) is 0 Å². The van der Waals surface area contributed by atoms with Gasteiger partial charge in [-0.25, -0.2) is 0 Å². The average Bonchev–Trinajstić information content (AvgIpc) is 2.83. The van der Waals surface area contributed by atoms with Crippen molar-refractivity contribution in [3.8, 4) is 0 Å². The maximum Gasteiger partial charge on any atom is 0.416 e. The van der Waals surface area contributed by atoms with Gasteiger partial charge in [0.15, 0.2) is 0 Å². The summed E-state index contributed by atoms with van der Waals surface area (Å²) in [5.41, 5.74) is 5.47. The van der Waals surface area contributed by atoms with Crippen molar-refractivity contribution in [2.45, 2.75) is 30.9 Å². The number of hydrogen-bond donors (Lipinski definition) is 1. The predicted octanol–water partition coefficient (Wildman–Crippen LogP) is 5.98. The van der Waals surface area contributed by atoms with Crippen molar-refractivity contribution in [2.75, 3.05) is 31.1 Å². The molecule has 1 N–H and O–H groups in total. The molecule has 166 valence electrons. The average molecular weight is 437 g/mol. The van der Waals surface area contributed by atoms with E-state index >= 15 is 0 Å². The third-order valence-corrected chi connectivity index (χ3v) is 6.92. The third-order valence-electron chi connectivity index (χ3n) is 6.92. The Morgan fingerprint density at radius 1 is 0.781 bits per heavy atom. The molecule has 5 rings (SSSR count). The fraction of sp³-hybridized carbons (Fsp3) is 0.333. The zero-order valence-corrected chi connectivity index (χ0v) is 17.9. The molecule has 0 bridgehead atoms. The van der Waals surface area contributed by atoms with E-state index in [0.29, 0.717) is 0 Å². The first kappa shape index (κ1) is 21.1. The minimum Gasteiger partial charge on any atom is -0.369 e. The molecule has 2 atom stereocenters. The van der Waals surface area contributed by atoms with Gasteiger partial charge in [-0.2, -0.15) is 13.2 Å². The molecule has 2 aliphatic rings. The molecule has 0 aromatic heterocycles. The van der Waals surface area contributed by atoms with E-state index in [4.69, 9.17) is 0 Å². The molecule has 3 aromatic carbocycles. The van der Waals surface area contributed by atoms with Crippen molar-refractivity contribution in [1.29, 1.82) is 0 Å². The molecular formula is C27H27F3N2. The Balaban J connectivity index is 1.50. The topological polar surface area (TPSA) is 15.3 Å². The molecule has 1 aliphatic carbocycles. The van der Waals surface area contributed by atoms with Crippen LogP contribution in [0.15, 0.2) is 72.8 Å². The van der Waals surface area contributed by atoms with Crippen LogP contribution >= 0.6 is 0 Å². The van der Waals surface area contributed by atoms with Crippen LogP contribution in [0.25, 0.3) is 0 Å². The number of fused-ring (bicyclic) bond motifs is 1. The summed E-state index contributed by atoms with van der Waals surface area (Å²) < 4.78 is 39.3. The minimum atomic E-state index is -4.31. The van der Waals surface area contributed by atoms with Crippen molar-refractivity contribution in [3.63, 3.8) is 0 Å². The number of rotatable bonds is 3. The molecule has 1 heterocycles. The lowest BCUT2D eigenvalue weighted by Gasteiger charge is -2.35. The van der Waals surface area contributed by atoms with Gasteiger partial charge >= 0.3 is 6.18 Å². The number of benzene rings is 3. The monoisotopic (exact) mass is 436 g/mol. The summed E-state index contributed by atoms with van der Waals surface area (Å²) >= 11 is 0. The van der Waals surface area contributed by atoms with E-state index in [-0.39, 0.29) is 11.8 Å². The Kier molecular flexibility index (Phi) is 5.68. The first-order chi connectivity index (χ1) is 15.5. The van der Waals surface area contributed by atoms with Gasteiger partial charge in [0, 0.05) is 37.8 Å².